The zero-order valence-electron chi connectivity index (χ0n) is 19.9. The third-order valence-corrected chi connectivity index (χ3v) is 5.86. The van der Waals surface area contributed by atoms with Crippen LogP contribution in [0.25, 0.3) is 0 Å². The van der Waals surface area contributed by atoms with Gasteiger partial charge in [-0.1, -0.05) is 105 Å². The maximum atomic E-state index is 12.1. The SMILES string of the molecule is C=CCN(C)C.C=CCN(C)C.O=C(CCBr)CC(Br)(c1ccccc1)c1ccccc1. The highest BCUT2D eigenvalue weighted by molar-refractivity contribution is 9.09. The van der Waals surface area contributed by atoms with Gasteiger partial charge < -0.3 is 9.80 Å². The molecule has 0 amide bonds. The summed E-state index contributed by atoms with van der Waals surface area (Å²) in [6.07, 6.45) is 4.75. The Hall–Kier alpha value is -1.53. The van der Waals surface area contributed by atoms with Crippen molar-refractivity contribution in [2.75, 3.05) is 46.6 Å². The molecule has 0 radical (unpaired) electrons. The maximum absolute atomic E-state index is 12.1. The highest BCUT2D eigenvalue weighted by Gasteiger charge is 2.33. The number of carbonyl (C=O) groups is 1. The number of hydrogen-bond acceptors (Lipinski definition) is 3. The van der Waals surface area contributed by atoms with Crippen LogP contribution in [0, 0.1) is 0 Å². The Balaban J connectivity index is 0.000000662. The molecule has 0 aliphatic carbocycles. The van der Waals surface area contributed by atoms with Crippen LogP contribution in [0.2, 0.25) is 0 Å². The van der Waals surface area contributed by atoms with E-state index in [0.29, 0.717) is 18.2 Å². The summed E-state index contributed by atoms with van der Waals surface area (Å²) in [6.45, 7) is 9.06. The lowest BCUT2D eigenvalue weighted by Gasteiger charge is -2.28. The topological polar surface area (TPSA) is 23.6 Å². The number of nitrogens with zero attached hydrogens (tertiary/aromatic N) is 2. The number of carbonyl (C=O) groups excluding carboxylic acids is 1. The fourth-order valence-electron chi connectivity index (χ4n) is 2.76. The van der Waals surface area contributed by atoms with Crippen molar-refractivity contribution in [2.45, 2.75) is 17.2 Å². The lowest BCUT2D eigenvalue weighted by atomic mass is 9.86. The average Bonchev–Trinajstić information content (AvgIpc) is 2.76. The Morgan fingerprint density at radius 2 is 1.22 bits per heavy atom. The number of likely N-dealkylation sites (N-methyl/N-ethyl adjacent to an activating group) is 2. The van der Waals surface area contributed by atoms with E-state index in [2.05, 4.69) is 79.1 Å². The Bertz CT molecular complexity index is 708. The van der Waals surface area contributed by atoms with Crippen molar-refractivity contribution >= 4 is 37.6 Å². The Kier molecular flexibility index (Phi) is 17.1. The lowest BCUT2D eigenvalue weighted by Crippen LogP contribution is -2.24. The minimum Gasteiger partial charge on any atom is -0.306 e. The van der Waals surface area contributed by atoms with Crippen LogP contribution in [-0.2, 0) is 9.12 Å². The van der Waals surface area contributed by atoms with Crippen LogP contribution in [0.1, 0.15) is 24.0 Å². The predicted octanol–water partition coefficient (Wildman–Crippen LogP) is 6.54. The Labute approximate surface area is 212 Å². The predicted molar refractivity (Wildman–Crippen MR) is 148 cm³/mol. The fourth-order valence-corrected chi connectivity index (χ4v) is 4.04. The summed E-state index contributed by atoms with van der Waals surface area (Å²) in [5.41, 5.74) is 2.21. The standard InChI is InChI=1S/C17H16Br2O.2C5H11N/c18-12-11-16(20)13-17(19,14-7-3-1-4-8-14)15-9-5-2-6-10-15;2*1-4-5-6(2)3/h1-10H,11-13H2;2*4H,1,5H2,2-3H3. The van der Waals surface area contributed by atoms with E-state index in [1.807, 2.05) is 76.7 Å². The van der Waals surface area contributed by atoms with Crippen LogP contribution in [0.3, 0.4) is 0 Å². The van der Waals surface area contributed by atoms with Gasteiger partial charge in [-0.2, -0.15) is 0 Å². The van der Waals surface area contributed by atoms with Gasteiger partial charge in [0.2, 0.25) is 0 Å². The first kappa shape index (κ1) is 30.5. The van der Waals surface area contributed by atoms with Gasteiger partial charge in [0, 0.05) is 31.3 Å². The van der Waals surface area contributed by atoms with E-state index in [1.54, 1.807) is 0 Å². The Morgan fingerprint density at radius 1 is 0.844 bits per heavy atom. The molecule has 0 unspecified atom stereocenters. The number of hydrogen-bond donors (Lipinski definition) is 0. The summed E-state index contributed by atoms with van der Waals surface area (Å²) in [6, 6.07) is 20.2. The molecule has 0 spiro atoms. The smallest absolute Gasteiger partial charge is 0.135 e. The second-order valence-corrected chi connectivity index (χ2v) is 9.94. The van der Waals surface area contributed by atoms with Gasteiger partial charge in [-0.3, -0.25) is 4.79 Å². The molecule has 176 valence electrons. The molecule has 0 saturated heterocycles. The first-order valence-electron chi connectivity index (χ1n) is 10.6. The third kappa shape index (κ3) is 13.1. The van der Waals surface area contributed by atoms with E-state index in [9.17, 15) is 4.79 Å². The second kappa shape index (κ2) is 18.0. The lowest BCUT2D eigenvalue weighted by molar-refractivity contribution is -0.119. The molecule has 3 nitrogen and oxygen atoms in total. The minimum atomic E-state index is -0.450. The average molecular weight is 566 g/mol. The minimum absolute atomic E-state index is 0.242. The van der Waals surface area contributed by atoms with Crippen molar-refractivity contribution in [3.8, 4) is 0 Å². The zero-order chi connectivity index (χ0) is 24.4. The van der Waals surface area contributed by atoms with Gasteiger partial charge in [0.25, 0.3) is 0 Å². The fraction of sp³-hybridized carbons (Fsp3) is 0.370. The van der Waals surface area contributed by atoms with Gasteiger partial charge >= 0.3 is 0 Å². The van der Waals surface area contributed by atoms with Gasteiger partial charge in [-0.15, -0.1) is 13.2 Å². The van der Waals surface area contributed by atoms with Crippen molar-refractivity contribution in [3.63, 3.8) is 0 Å². The van der Waals surface area contributed by atoms with Crippen LogP contribution in [0.4, 0.5) is 0 Å². The van der Waals surface area contributed by atoms with E-state index in [0.717, 1.165) is 24.2 Å². The molecule has 0 aliphatic rings. The summed E-state index contributed by atoms with van der Waals surface area (Å²) in [5, 5.41) is 0.707. The van der Waals surface area contributed by atoms with Gasteiger partial charge in [-0.25, -0.2) is 0 Å². The normalized spacial score (nSPS) is 10.5. The van der Waals surface area contributed by atoms with Crippen LogP contribution >= 0.6 is 31.9 Å². The second-order valence-electron chi connectivity index (χ2n) is 7.79. The molecule has 0 bridgehead atoms. The van der Waals surface area contributed by atoms with E-state index < -0.39 is 4.32 Å². The zero-order valence-corrected chi connectivity index (χ0v) is 23.1. The summed E-state index contributed by atoms with van der Waals surface area (Å²) < 4.78 is -0.450. The molecule has 32 heavy (non-hydrogen) atoms. The number of benzene rings is 2. The molecule has 5 heteroatoms. The first-order chi connectivity index (χ1) is 15.2. The molecule has 0 heterocycles. The molecular weight excluding hydrogens is 528 g/mol. The largest absolute Gasteiger partial charge is 0.306 e. The van der Waals surface area contributed by atoms with Gasteiger partial charge in [0.15, 0.2) is 0 Å². The molecule has 0 aliphatic heterocycles. The van der Waals surface area contributed by atoms with Crippen LogP contribution < -0.4 is 0 Å². The molecule has 0 saturated carbocycles. The van der Waals surface area contributed by atoms with Crippen molar-refractivity contribution in [2.24, 2.45) is 0 Å². The number of ketones is 1. The van der Waals surface area contributed by atoms with E-state index in [4.69, 9.17) is 0 Å². The van der Waals surface area contributed by atoms with Gasteiger partial charge in [-0.05, 0) is 39.3 Å². The molecule has 0 fully saturated rings. The van der Waals surface area contributed by atoms with Crippen LogP contribution in [-0.4, -0.2) is 62.2 Å². The van der Waals surface area contributed by atoms with Crippen molar-refractivity contribution in [3.05, 3.63) is 97.1 Å². The van der Waals surface area contributed by atoms with E-state index >= 15 is 0 Å². The number of alkyl halides is 2. The van der Waals surface area contributed by atoms with E-state index in [-0.39, 0.29) is 5.78 Å². The number of Topliss-reactive ketones (excluding diaryl/α,β-unsaturated/α-hetero) is 1. The van der Waals surface area contributed by atoms with Gasteiger partial charge in [0.05, 0.1) is 4.32 Å². The molecule has 2 aromatic carbocycles. The monoisotopic (exact) mass is 564 g/mol. The summed E-state index contributed by atoms with van der Waals surface area (Å²) in [7, 11) is 8.06. The highest BCUT2D eigenvalue weighted by Crippen LogP contribution is 2.42. The number of rotatable bonds is 10. The molecule has 0 atom stereocenters. The quantitative estimate of drug-likeness (QED) is 0.241. The van der Waals surface area contributed by atoms with Crippen molar-refractivity contribution < 1.29 is 4.79 Å². The van der Waals surface area contributed by atoms with Crippen molar-refractivity contribution in [1.82, 2.24) is 9.80 Å². The van der Waals surface area contributed by atoms with Crippen LogP contribution in [0.15, 0.2) is 86.0 Å². The molecule has 0 aromatic heterocycles. The maximum Gasteiger partial charge on any atom is 0.135 e. The highest BCUT2D eigenvalue weighted by atomic mass is 79.9. The molecule has 2 aromatic rings. The Morgan fingerprint density at radius 3 is 1.47 bits per heavy atom. The third-order valence-electron chi connectivity index (χ3n) is 4.27. The summed E-state index contributed by atoms with van der Waals surface area (Å²) >= 11 is 7.17. The summed E-state index contributed by atoms with van der Waals surface area (Å²) in [4.78, 5) is 16.3. The number of halogens is 2. The molecule has 0 N–H and O–H groups in total. The molecular formula is C27H38Br2N2O. The first-order valence-corrected chi connectivity index (χ1v) is 12.5. The van der Waals surface area contributed by atoms with E-state index in [1.165, 1.54) is 0 Å². The molecule has 2 rings (SSSR count). The van der Waals surface area contributed by atoms with Crippen molar-refractivity contribution in [1.29, 1.82) is 0 Å². The summed E-state index contributed by atoms with van der Waals surface area (Å²) in [5.74, 6) is 0.242. The van der Waals surface area contributed by atoms with Crippen LogP contribution in [0.5, 0.6) is 0 Å². The van der Waals surface area contributed by atoms with Gasteiger partial charge in [0.1, 0.15) is 5.78 Å².